The molecule has 144 valence electrons. The predicted octanol–water partition coefficient (Wildman–Crippen LogP) is 1.90. The molecule has 1 aromatic heterocycles. The molecule has 1 saturated heterocycles. The van der Waals surface area contributed by atoms with Crippen LogP contribution >= 0.6 is 0 Å². The summed E-state index contributed by atoms with van der Waals surface area (Å²) in [7, 11) is 0. The van der Waals surface area contributed by atoms with Crippen molar-refractivity contribution in [2.24, 2.45) is 0 Å². The Labute approximate surface area is 163 Å². The molecule has 6 nitrogen and oxygen atoms in total. The van der Waals surface area contributed by atoms with E-state index in [4.69, 9.17) is 0 Å². The van der Waals surface area contributed by atoms with Crippen molar-refractivity contribution in [2.45, 2.75) is 12.7 Å². The van der Waals surface area contributed by atoms with Gasteiger partial charge in [-0.05, 0) is 11.1 Å². The standard InChI is InChI=1S/C22H24N4O2/c27-20-11-12-21(28)26(23-20)17-24-13-15-25(16-14-24)22(18-7-3-1-4-8-18)19-9-5-2-6-10-19/h1-12,22H,13-17H2,(H,23,27). The number of aromatic amines is 1. The van der Waals surface area contributed by atoms with Gasteiger partial charge < -0.3 is 0 Å². The van der Waals surface area contributed by atoms with Gasteiger partial charge in [0.25, 0.3) is 11.1 Å². The van der Waals surface area contributed by atoms with E-state index in [0.29, 0.717) is 6.67 Å². The average molecular weight is 376 g/mol. The summed E-state index contributed by atoms with van der Waals surface area (Å²) in [6, 6.07) is 23.9. The first-order valence-electron chi connectivity index (χ1n) is 9.57. The minimum Gasteiger partial charge on any atom is -0.290 e. The summed E-state index contributed by atoms with van der Waals surface area (Å²) < 4.78 is 1.38. The first-order valence-corrected chi connectivity index (χ1v) is 9.57. The van der Waals surface area contributed by atoms with Crippen LogP contribution in [-0.2, 0) is 6.67 Å². The molecular formula is C22H24N4O2. The minimum absolute atomic E-state index is 0.187. The number of hydrogen-bond acceptors (Lipinski definition) is 4. The number of benzene rings is 2. The molecule has 4 rings (SSSR count). The van der Waals surface area contributed by atoms with Crippen molar-refractivity contribution in [3.05, 3.63) is 105 Å². The van der Waals surface area contributed by atoms with Crippen molar-refractivity contribution < 1.29 is 0 Å². The highest BCUT2D eigenvalue weighted by Gasteiger charge is 2.26. The van der Waals surface area contributed by atoms with E-state index < -0.39 is 0 Å². The molecule has 0 saturated carbocycles. The van der Waals surface area contributed by atoms with Crippen LogP contribution in [0.2, 0.25) is 0 Å². The SMILES string of the molecule is O=c1ccc(=O)n(CN2CCN(C(c3ccccc3)c3ccccc3)CC2)[nH]1. The Hall–Kier alpha value is -2.96. The van der Waals surface area contributed by atoms with Gasteiger partial charge in [0.15, 0.2) is 0 Å². The monoisotopic (exact) mass is 376 g/mol. The molecule has 0 radical (unpaired) electrons. The molecule has 1 aliphatic rings. The molecule has 2 aromatic carbocycles. The van der Waals surface area contributed by atoms with Gasteiger partial charge >= 0.3 is 0 Å². The Kier molecular flexibility index (Phi) is 5.50. The minimum atomic E-state index is -0.258. The van der Waals surface area contributed by atoms with Crippen LogP contribution in [-0.4, -0.2) is 45.8 Å². The smallest absolute Gasteiger partial charge is 0.266 e. The van der Waals surface area contributed by atoms with E-state index in [1.165, 1.54) is 27.9 Å². The maximum Gasteiger partial charge on any atom is 0.266 e. The molecule has 0 amide bonds. The molecule has 0 bridgehead atoms. The van der Waals surface area contributed by atoms with Gasteiger partial charge in [0.2, 0.25) is 0 Å². The third-order valence-corrected chi connectivity index (χ3v) is 5.23. The lowest BCUT2D eigenvalue weighted by molar-refractivity contribution is 0.0832. The number of nitrogens with one attached hydrogen (secondary N) is 1. The van der Waals surface area contributed by atoms with Gasteiger partial charge in [-0.25, -0.2) is 4.68 Å². The van der Waals surface area contributed by atoms with Gasteiger partial charge in [-0.15, -0.1) is 0 Å². The summed E-state index contributed by atoms with van der Waals surface area (Å²) in [6.07, 6.45) is 0. The summed E-state index contributed by atoms with van der Waals surface area (Å²) in [4.78, 5) is 28.1. The quantitative estimate of drug-likeness (QED) is 0.739. The number of aromatic nitrogens is 2. The lowest BCUT2D eigenvalue weighted by Gasteiger charge is -2.39. The molecule has 0 unspecified atom stereocenters. The number of piperazine rings is 1. The second-order valence-corrected chi connectivity index (χ2v) is 7.09. The number of hydrogen-bond donors (Lipinski definition) is 1. The number of rotatable bonds is 5. The van der Waals surface area contributed by atoms with E-state index in [2.05, 4.69) is 63.4 Å². The first kappa shape index (κ1) is 18.4. The highest BCUT2D eigenvalue weighted by Crippen LogP contribution is 2.29. The Balaban J connectivity index is 1.50. The lowest BCUT2D eigenvalue weighted by atomic mass is 9.96. The van der Waals surface area contributed by atoms with Crippen LogP contribution in [0.4, 0.5) is 0 Å². The zero-order valence-corrected chi connectivity index (χ0v) is 15.7. The van der Waals surface area contributed by atoms with E-state index in [9.17, 15) is 9.59 Å². The molecule has 0 aliphatic carbocycles. The summed E-state index contributed by atoms with van der Waals surface area (Å²) in [5.74, 6) is 0. The Bertz CT molecular complexity index is 966. The highest BCUT2D eigenvalue weighted by molar-refractivity contribution is 5.31. The molecule has 3 aromatic rings. The number of nitrogens with zero attached hydrogens (tertiary/aromatic N) is 3. The van der Waals surface area contributed by atoms with E-state index >= 15 is 0 Å². The van der Waals surface area contributed by atoms with Crippen LogP contribution in [0.3, 0.4) is 0 Å². The number of H-pyrrole nitrogens is 1. The zero-order chi connectivity index (χ0) is 19.3. The Morgan fingerprint density at radius 1 is 0.750 bits per heavy atom. The topological polar surface area (TPSA) is 61.3 Å². The summed E-state index contributed by atoms with van der Waals surface area (Å²) in [5, 5.41) is 2.60. The lowest BCUT2D eigenvalue weighted by Crippen LogP contribution is -2.49. The Morgan fingerprint density at radius 3 is 1.89 bits per heavy atom. The third kappa shape index (κ3) is 4.13. The zero-order valence-electron chi connectivity index (χ0n) is 15.7. The van der Waals surface area contributed by atoms with E-state index in [1.807, 2.05) is 12.1 Å². The Morgan fingerprint density at radius 2 is 1.32 bits per heavy atom. The highest BCUT2D eigenvalue weighted by atomic mass is 16.2. The van der Waals surface area contributed by atoms with Gasteiger partial charge in [-0.1, -0.05) is 60.7 Å². The molecular weight excluding hydrogens is 352 g/mol. The average Bonchev–Trinajstić information content (AvgIpc) is 2.74. The predicted molar refractivity (Wildman–Crippen MR) is 109 cm³/mol. The van der Waals surface area contributed by atoms with Crippen molar-refractivity contribution in [2.75, 3.05) is 26.2 Å². The van der Waals surface area contributed by atoms with Crippen LogP contribution in [0.25, 0.3) is 0 Å². The summed E-state index contributed by atoms with van der Waals surface area (Å²) >= 11 is 0. The van der Waals surface area contributed by atoms with E-state index in [0.717, 1.165) is 26.2 Å². The van der Waals surface area contributed by atoms with Crippen molar-refractivity contribution in [1.82, 2.24) is 19.6 Å². The van der Waals surface area contributed by atoms with Crippen LogP contribution < -0.4 is 11.1 Å². The van der Waals surface area contributed by atoms with E-state index in [1.54, 1.807) is 0 Å². The molecule has 0 spiro atoms. The summed E-state index contributed by atoms with van der Waals surface area (Å²) in [6.45, 7) is 3.85. The van der Waals surface area contributed by atoms with E-state index in [-0.39, 0.29) is 17.2 Å². The fraction of sp³-hybridized carbons (Fsp3) is 0.273. The molecule has 1 fully saturated rings. The van der Waals surface area contributed by atoms with Crippen LogP contribution in [0.15, 0.2) is 82.4 Å². The first-order chi connectivity index (χ1) is 13.7. The second kappa shape index (κ2) is 8.37. The van der Waals surface area contributed by atoms with Crippen LogP contribution in [0, 0.1) is 0 Å². The molecule has 28 heavy (non-hydrogen) atoms. The molecule has 1 N–H and O–H groups in total. The maximum atomic E-state index is 11.9. The van der Waals surface area contributed by atoms with Gasteiger partial charge in [0.1, 0.15) is 0 Å². The van der Waals surface area contributed by atoms with Crippen molar-refractivity contribution in [1.29, 1.82) is 0 Å². The van der Waals surface area contributed by atoms with Crippen molar-refractivity contribution in [3.63, 3.8) is 0 Å². The van der Waals surface area contributed by atoms with Crippen molar-refractivity contribution >= 4 is 0 Å². The fourth-order valence-electron chi connectivity index (χ4n) is 3.82. The van der Waals surface area contributed by atoms with Gasteiger partial charge in [0.05, 0.1) is 12.7 Å². The normalized spacial score (nSPS) is 15.8. The summed E-state index contributed by atoms with van der Waals surface area (Å²) in [5.41, 5.74) is 2.12. The maximum absolute atomic E-state index is 11.9. The molecule has 0 atom stereocenters. The van der Waals surface area contributed by atoms with Crippen molar-refractivity contribution in [3.8, 4) is 0 Å². The molecule has 6 heteroatoms. The van der Waals surface area contributed by atoms with Crippen LogP contribution in [0.1, 0.15) is 17.2 Å². The molecule has 2 heterocycles. The largest absolute Gasteiger partial charge is 0.290 e. The fourth-order valence-corrected chi connectivity index (χ4v) is 3.82. The molecule has 1 aliphatic heterocycles. The second-order valence-electron chi connectivity index (χ2n) is 7.09. The van der Waals surface area contributed by atoms with Gasteiger partial charge in [-0.2, -0.15) is 0 Å². The van der Waals surface area contributed by atoms with Crippen LogP contribution in [0.5, 0.6) is 0 Å². The van der Waals surface area contributed by atoms with Gasteiger partial charge in [-0.3, -0.25) is 24.5 Å². The third-order valence-electron chi connectivity index (χ3n) is 5.23. The van der Waals surface area contributed by atoms with Gasteiger partial charge in [0, 0.05) is 38.3 Å².